The average molecular weight is 346 g/mol. The summed E-state index contributed by atoms with van der Waals surface area (Å²) in [4.78, 5) is 31.3. The number of imidazole rings is 1. The summed E-state index contributed by atoms with van der Waals surface area (Å²) in [5, 5.41) is 9.23. The monoisotopic (exact) mass is 346 g/mol. The van der Waals surface area contributed by atoms with E-state index in [4.69, 9.17) is 4.74 Å². The maximum absolute atomic E-state index is 12.1. The van der Waals surface area contributed by atoms with Crippen molar-refractivity contribution in [2.75, 3.05) is 31.1 Å². The van der Waals surface area contributed by atoms with Crippen molar-refractivity contribution in [3.63, 3.8) is 0 Å². The fourth-order valence-corrected chi connectivity index (χ4v) is 2.79. The van der Waals surface area contributed by atoms with Crippen LogP contribution in [0.2, 0.25) is 0 Å². The molecular weight excluding hydrogens is 324 g/mol. The number of nitrogens with zero attached hydrogens (tertiary/aromatic N) is 4. The fourth-order valence-electron chi connectivity index (χ4n) is 2.79. The van der Waals surface area contributed by atoms with Crippen LogP contribution in [0.4, 0.5) is 10.5 Å². The van der Waals surface area contributed by atoms with E-state index in [1.165, 1.54) is 6.20 Å². The van der Waals surface area contributed by atoms with E-state index in [-0.39, 0.29) is 11.8 Å². The summed E-state index contributed by atoms with van der Waals surface area (Å²) in [6.45, 7) is 7.97. The minimum atomic E-state index is -1.01. The Morgan fingerprint density at radius 2 is 1.84 bits per heavy atom. The smallest absolute Gasteiger partial charge is 0.410 e. The second kappa shape index (κ2) is 6.27. The van der Waals surface area contributed by atoms with Gasteiger partial charge in [0, 0.05) is 32.4 Å². The quantitative estimate of drug-likeness (QED) is 0.896. The Morgan fingerprint density at radius 3 is 2.44 bits per heavy atom. The molecule has 0 aliphatic carbocycles. The lowest BCUT2D eigenvalue weighted by atomic mass is 10.2. The molecule has 1 amide bonds. The number of carboxylic acid groups (broad SMARTS) is 1. The van der Waals surface area contributed by atoms with Gasteiger partial charge in [0.25, 0.3) is 0 Å². The van der Waals surface area contributed by atoms with Gasteiger partial charge in [0.2, 0.25) is 0 Å². The van der Waals surface area contributed by atoms with Gasteiger partial charge in [0.15, 0.2) is 5.69 Å². The molecule has 3 rings (SSSR count). The Balaban J connectivity index is 1.71. The molecule has 0 radical (unpaired) electrons. The normalized spacial score (nSPS) is 15.5. The van der Waals surface area contributed by atoms with Crippen molar-refractivity contribution in [1.29, 1.82) is 0 Å². The third kappa shape index (κ3) is 3.67. The second-order valence-corrected chi connectivity index (χ2v) is 7.02. The number of pyridine rings is 1. The number of piperazine rings is 1. The van der Waals surface area contributed by atoms with E-state index in [9.17, 15) is 14.7 Å². The standard InChI is InChI=1S/C17H22N4O4/c1-17(2,3)25-16(24)20-8-6-19(7-9-20)12-4-5-14-18-10-13(15(22)23)21(14)11-12/h4-5,10-11H,6-9H2,1-3H3,(H,22,23). The lowest BCUT2D eigenvalue weighted by Crippen LogP contribution is -2.50. The van der Waals surface area contributed by atoms with Crippen LogP contribution in [0.25, 0.3) is 5.65 Å². The molecule has 0 unspecified atom stereocenters. The van der Waals surface area contributed by atoms with Crippen molar-refractivity contribution >= 4 is 23.4 Å². The fraction of sp³-hybridized carbons (Fsp3) is 0.471. The van der Waals surface area contributed by atoms with Crippen LogP contribution < -0.4 is 4.90 Å². The molecule has 3 heterocycles. The largest absolute Gasteiger partial charge is 0.477 e. The summed E-state index contributed by atoms with van der Waals surface area (Å²) in [6, 6.07) is 3.71. The van der Waals surface area contributed by atoms with Gasteiger partial charge < -0.3 is 19.6 Å². The zero-order valence-corrected chi connectivity index (χ0v) is 14.6. The first-order chi connectivity index (χ1) is 11.7. The highest BCUT2D eigenvalue weighted by Crippen LogP contribution is 2.20. The van der Waals surface area contributed by atoms with E-state index in [2.05, 4.69) is 9.88 Å². The van der Waals surface area contributed by atoms with Crippen molar-refractivity contribution in [1.82, 2.24) is 14.3 Å². The van der Waals surface area contributed by atoms with Crippen LogP contribution in [-0.4, -0.2) is 63.2 Å². The van der Waals surface area contributed by atoms with Crippen LogP contribution in [0.3, 0.4) is 0 Å². The van der Waals surface area contributed by atoms with Gasteiger partial charge in [-0.1, -0.05) is 0 Å². The second-order valence-electron chi connectivity index (χ2n) is 7.02. The highest BCUT2D eigenvalue weighted by atomic mass is 16.6. The third-order valence-electron chi connectivity index (χ3n) is 4.01. The number of amides is 1. The third-order valence-corrected chi connectivity index (χ3v) is 4.01. The van der Waals surface area contributed by atoms with Gasteiger partial charge in [-0.2, -0.15) is 0 Å². The number of carbonyl (C=O) groups is 2. The summed E-state index contributed by atoms with van der Waals surface area (Å²) < 4.78 is 6.97. The molecule has 1 aliphatic rings. The number of rotatable bonds is 2. The molecule has 1 saturated heterocycles. The molecule has 0 saturated carbocycles. The molecule has 1 fully saturated rings. The number of anilines is 1. The van der Waals surface area contributed by atoms with Crippen LogP contribution in [0.15, 0.2) is 24.5 Å². The predicted octanol–water partition coefficient (Wildman–Crippen LogP) is 2.09. The zero-order valence-electron chi connectivity index (χ0n) is 14.6. The maximum atomic E-state index is 12.1. The highest BCUT2D eigenvalue weighted by Gasteiger charge is 2.26. The van der Waals surface area contributed by atoms with E-state index in [0.717, 1.165) is 5.69 Å². The molecule has 1 aliphatic heterocycles. The Labute approximate surface area is 145 Å². The summed E-state index contributed by atoms with van der Waals surface area (Å²) in [6.07, 6.45) is 2.82. The van der Waals surface area contributed by atoms with E-state index >= 15 is 0 Å². The Hall–Kier alpha value is -2.77. The van der Waals surface area contributed by atoms with Crippen molar-refractivity contribution in [3.05, 3.63) is 30.2 Å². The lowest BCUT2D eigenvalue weighted by molar-refractivity contribution is 0.0240. The maximum Gasteiger partial charge on any atom is 0.410 e. The van der Waals surface area contributed by atoms with Gasteiger partial charge in [-0.3, -0.25) is 4.40 Å². The molecule has 8 heteroatoms. The first-order valence-electron chi connectivity index (χ1n) is 8.18. The number of aromatic nitrogens is 2. The van der Waals surface area contributed by atoms with Crippen molar-refractivity contribution in [2.45, 2.75) is 26.4 Å². The average Bonchev–Trinajstić information content (AvgIpc) is 2.96. The lowest BCUT2D eigenvalue weighted by Gasteiger charge is -2.36. The van der Waals surface area contributed by atoms with Crippen LogP contribution >= 0.6 is 0 Å². The topological polar surface area (TPSA) is 87.4 Å². The molecule has 0 spiro atoms. The molecule has 2 aromatic rings. The van der Waals surface area contributed by atoms with Gasteiger partial charge in [-0.05, 0) is 32.9 Å². The Morgan fingerprint density at radius 1 is 1.16 bits per heavy atom. The Kier molecular flexibility index (Phi) is 4.28. The summed E-state index contributed by atoms with van der Waals surface area (Å²) in [5.41, 5.74) is 1.11. The number of aromatic carboxylic acids is 1. The number of carboxylic acids is 1. The number of ether oxygens (including phenoxy) is 1. The van der Waals surface area contributed by atoms with Crippen LogP contribution in [0, 0.1) is 0 Å². The van der Waals surface area contributed by atoms with E-state index in [1.54, 1.807) is 21.6 Å². The van der Waals surface area contributed by atoms with Crippen molar-refractivity contribution in [3.8, 4) is 0 Å². The van der Waals surface area contributed by atoms with Crippen molar-refractivity contribution < 1.29 is 19.4 Å². The minimum Gasteiger partial charge on any atom is -0.477 e. The Bertz CT molecular complexity index is 801. The number of hydrogen-bond acceptors (Lipinski definition) is 5. The molecular formula is C17H22N4O4. The van der Waals surface area contributed by atoms with Gasteiger partial charge in [-0.25, -0.2) is 14.6 Å². The zero-order chi connectivity index (χ0) is 18.2. The van der Waals surface area contributed by atoms with E-state index in [0.29, 0.717) is 31.8 Å². The number of hydrogen-bond donors (Lipinski definition) is 1. The molecule has 25 heavy (non-hydrogen) atoms. The van der Waals surface area contributed by atoms with Gasteiger partial charge >= 0.3 is 12.1 Å². The molecule has 0 aromatic carbocycles. The highest BCUT2D eigenvalue weighted by molar-refractivity contribution is 5.86. The molecule has 0 atom stereocenters. The molecule has 134 valence electrons. The van der Waals surface area contributed by atoms with Crippen LogP contribution in [0.1, 0.15) is 31.3 Å². The molecule has 2 aromatic heterocycles. The number of carbonyl (C=O) groups excluding carboxylic acids is 1. The molecule has 1 N–H and O–H groups in total. The summed E-state index contributed by atoms with van der Waals surface area (Å²) in [5.74, 6) is -1.01. The summed E-state index contributed by atoms with van der Waals surface area (Å²) in [7, 11) is 0. The van der Waals surface area contributed by atoms with E-state index < -0.39 is 11.6 Å². The first kappa shape index (κ1) is 17.1. The van der Waals surface area contributed by atoms with Crippen LogP contribution in [-0.2, 0) is 4.74 Å². The minimum absolute atomic E-state index is 0.129. The van der Waals surface area contributed by atoms with Crippen molar-refractivity contribution in [2.24, 2.45) is 0 Å². The van der Waals surface area contributed by atoms with E-state index in [1.807, 2.05) is 26.8 Å². The van der Waals surface area contributed by atoms with Gasteiger partial charge in [-0.15, -0.1) is 0 Å². The first-order valence-corrected chi connectivity index (χ1v) is 8.18. The van der Waals surface area contributed by atoms with Gasteiger partial charge in [0.1, 0.15) is 11.2 Å². The van der Waals surface area contributed by atoms with Crippen LogP contribution in [0.5, 0.6) is 0 Å². The number of fused-ring (bicyclic) bond motifs is 1. The summed E-state index contributed by atoms with van der Waals surface area (Å²) >= 11 is 0. The predicted molar refractivity (Wildman–Crippen MR) is 92.2 cm³/mol. The molecule has 0 bridgehead atoms. The SMILES string of the molecule is CC(C)(C)OC(=O)N1CCN(c2ccc3ncc(C(=O)O)n3c2)CC1. The molecule has 8 nitrogen and oxygen atoms in total. The van der Waals surface area contributed by atoms with Gasteiger partial charge in [0.05, 0.1) is 11.9 Å².